The first kappa shape index (κ1) is 15.3. The first-order chi connectivity index (χ1) is 9.87. The lowest BCUT2D eigenvalue weighted by molar-refractivity contribution is -0.139. The molecule has 1 aliphatic heterocycles. The Hall–Kier alpha value is -2.09. The number of nitrogens with zero attached hydrogens (tertiary/aromatic N) is 2. The molecule has 0 saturated carbocycles. The number of aliphatic hydroxyl groups is 1. The van der Waals surface area contributed by atoms with Crippen LogP contribution in [-0.4, -0.2) is 61.8 Å². The van der Waals surface area contributed by atoms with Crippen molar-refractivity contribution in [3.8, 4) is 0 Å². The van der Waals surface area contributed by atoms with Crippen LogP contribution < -0.4 is 5.32 Å². The normalized spacial score (nSPS) is 23.6. The average Bonchev–Trinajstić information content (AvgIpc) is 2.89. The Kier molecular flexibility index (Phi) is 4.46. The van der Waals surface area contributed by atoms with Gasteiger partial charge in [0.05, 0.1) is 18.5 Å². The molecule has 8 heteroatoms. The Labute approximate surface area is 122 Å². The van der Waals surface area contributed by atoms with Crippen molar-refractivity contribution in [2.45, 2.75) is 37.8 Å². The van der Waals surface area contributed by atoms with Gasteiger partial charge in [-0.1, -0.05) is 0 Å². The minimum absolute atomic E-state index is 0.130. The summed E-state index contributed by atoms with van der Waals surface area (Å²) in [4.78, 5) is 31.5. The number of piperidine rings is 1. The van der Waals surface area contributed by atoms with Gasteiger partial charge in [-0.25, -0.2) is 14.6 Å². The van der Waals surface area contributed by atoms with E-state index < -0.39 is 23.6 Å². The maximum absolute atomic E-state index is 12.1. The Morgan fingerprint density at radius 1 is 1.62 bits per heavy atom. The van der Waals surface area contributed by atoms with E-state index in [1.807, 2.05) is 0 Å². The molecule has 1 aromatic heterocycles. The molecule has 8 nitrogen and oxygen atoms in total. The zero-order chi connectivity index (χ0) is 15.5. The minimum atomic E-state index is -1.11. The van der Waals surface area contributed by atoms with Gasteiger partial charge < -0.3 is 25.4 Å². The van der Waals surface area contributed by atoms with Gasteiger partial charge in [-0.15, -0.1) is 0 Å². The van der Waals surface area contributed by atoms with Gasteiger partial charge in [0, 0.05) is 24.9 Å². The first-order valence-corrected chi connectivity index (χ1v) is 6.85. The van der Waals surface area contributed by atoms with E-state index in [4.69, 9.17) is 0 Å². The third-order valence-corrected chi connectivity index (χ3v) is 3.54. The summed E-state index contributed by atoms with van der Waals surface area (Å²) in [5.41, 5.74) is -0.286. The largest absolute Gasteiger partial charge is 0.480 e. The number of aromatic nitrogens is 2. The number of carbonyl (C=O) groups excluding carboxylic acids is 1. The van der Waals surface area contributed by atoms with Crippen molar-refractivity contribution < 1.29 is 19.8 Å². The Bertz CT molecular complexity index is 500. The number of nitrogens with one attached hydrogen (secondary N) is 2. The van der Waals surface area contributed by atoms with Gasteiger partial charge in [0.2, 0.25) is 0 Å². The number of aliphatic carboxylic acids is 1. The lowest BCUT2D eigenvalue weighted by Crippen LogP contribution is -2.55. The zero-order valence-corrected chi connectivity index (χ0v) is 11.9. The van der Waals surface area contributed by atoms with E-state index in [1.54, 1.807) is 6.92 Å². The molecule has 1 aromatic rings. The average molecular weight is 296 g/mol. The van der Waals surface area contributed by atoms with Crippen molar-refractivity contribution in [3.05, 3.63) is 18.2 Å². The third-order valence-electron chi connectivity index (χ3n) is 3.54. The van der Waals surface area contributed by atoms with Gasteiger partial charge in [-0.3, -0.25) is 0 Å². The first-order valence-electron chi connectivity index (χ1n) is 6.85. The quantitative estimate of drug-likeness (QED) is 0.622. The summed E-state index contributed by atoms with van der Waals surface area (Å²) >= 11 is 0. The molecule has 2 heterocycles. The van der Waals surface area contributed by atoms with Crippen LogP contribution >= 0.6 is 0 Å². The van der Waals surface area contributed by atoms with Crippen molar-refractivity contribution >= 4 is 12.0 Å². The lowest BCUT2D eigenvalue weighted by atomic mass is 9.95. The fourth-order valence-electron chi connectivity index (χ4n) is 2.45. The number of β-amino-alcohol motifs (C(OH)–C–C–N with tert-alkyl or cyclic N) is 1. The number of aromatic amines is 1. The molecule has 21 heavy (non-hydrogen) atoms. The highest BCUT2D eigenvalue weighted by molar-refractivity contribution is 5.82. The van der Waals surface area contributed by atoms with Gasteiger partial charge in [0.15, 0.2) is 0 Å². The number of rotatable bonds is 4. The van der Waals surface area contributed by atoms with Crippen LogP contribution in [0.25, 0.3) is 0 Å². The zero-order valence-electron chi connectivity index (χ0n) is 11.9. The van der Waals surface area contributed by atoms with E-state index in [0.717, 1.165) is 0 Å². The molecular weight excluding hydrogens is 276 g/mol. The summed E-state index contributed by atoms with van der Waals surface area (Å²) in [5.74, 6) is -1.11. The van der Waals surface area contributed by atoms with Gasteiger partial charge >= 0.3 is 12.0 Å². The van der Waals surface area contributed by atoms with E-state index >= 15 is 0 Å². The summed E-state index contributed by atoms with van der Waals surface area (Å²) in [6.45, 7) is 2.39. The number of carbonyl (C=O) groups is 2. The third kappa shape index (κ3) is 4.19. The van der Waals surface area contributed by atoms with Crippen molar-refractivity contribution in [3.63, 3.8) is 0 Å². The number of H-pyrrole nitrogens is 1. The Balaban J connectivity index is 1.96. The summed E-state index contributed by atoms with van der Waals surface area (Å²) < 4.78 is 0. The van der Waals surface area contributed by atoms with Crippen LogP contribution in [0.5, 0.6) is 0 Å². The topological polar surface area (TPSA) is 119 Å². The molecule has 2 rings (SSSR count). The van der Waals surface area contributed by atoms with Gasteiger partial charge in [0.25, 0.3) is 0 Å². The van der Waals surface area contributed by atoms with E-state index in [2.05, 4.69) is 15.3 Å². The number of urea groups is 1. The molecule has 0 aromatic carbocycles. The molecule has 1 saturated heterocycles. The van der Waals surface area contributed by atoms with Gasteiger partial charge in [0.1, 0.15) is 6.04 Å². The standard InChI is InChI=1S/C13H20N4O4/c1-13(21)3-2-4-17(7-13)12(20)16-10(11(18)19)5-9-6-14-8-15-9/h6,8,10,21H,2-5,7H2,1H3,(H,14,15)(H,16,20)(H,18,19)/t10-,13?/m0/s1. The van der Waals surface area contributed by atoms with Crippen LogP contribution in [0.1, 0.15) is 25.5 Å². The monoisotopic (exact) mass is 296 g/mol. The highest BCUT2D eigenvalue weighted by Gasteiger charge is 2.32. The van der Waals surface area contributed by atoms with E-state index in [9.17, 15) is 19.8 Å². The molecule has 2 atom stereocenters. The number of hydrogen-bond acceptors (Lipinski definition) is 4. The molecule has 116 valence electrons. The Morgan fingerprint density at radius 2 is 2.38 bits per heavy atom. The number of amides is 2. The SMILES string of the molecule is CC1(O)CCCN(C(=O)N[C@@H](Cc2cnc[nH]2)C(=O)O)C1. The fraction of sp³-hybridized carbons (Fsp3) is 0.615. The molecule has 4 N–H and O–H groups in total. The molecule has 0 radical (unpaired) electrons. The summed E-state index contributed by atoms with van der Waals surface area (Å²) in [5, 5.41) is 21.7. The molecule has 0 aliphatic carbocycles. The second kappa shape index (κ2) is 6.13. The van der Waals surface area contributed by atoms with Gasteiger partial charge in [-0.05, 0) is 19.8 Å². The van der Waals surface area contributed by atoms with Crippen LogP contribution in [0.3, 0.4) is 0 Å². The summed E-state index contributed by atoms with van der Waals surface area (Å²) in [7, 11) is 0. The van der Waals surface area contributed by atoms with Crippen LogP contribution in [0.4, 0.5) is 4.79 Å². The number of carboxylic acids is 1. The van der Waals surface area contributed by atoms with E-state index in [-0.39, 0.29) is 13.0 Å². The summed E-state index contributed by atoms with van der Waals surface area (Å²) in [6, 6.07) is -1.51. The highest BCUT2D eigenvalue weighted by Crippen LogP contribution is 2.20. The second-order valence-electron chi connectivity index (χ2n) is 5.64. The van der Waals surface area contributed by atoms with Crippen molar-refractivity contribution in [2.75, 3.05) is 13.1 Å². The van der Waals surface area contributed by atoms with Crippen LogP contribution in [0, 0.1) is 0 Å². The molecule has 2 amide bonds. The van der Waals surface area contributed by atoms with Crippen molar-refractivity contribution in [1.29, 1.82) is 0 Å². The molecule has 1 unspecified atom stereocenters. The molecule has 1 aliphatic rings. The molecule has 1 fully saturated rings. The van der Waals surface area contributed by atoms with Crippen LogP contribution in [-0.2, 0) is 11.2 Å². The highest BCUT2D eigenvalue weighted by atomic mass is 16.4. The second-order valence-corrected chi connectivity index (χ2v) is 5.64. The number of hydrogen-bond donors (Lipinski definition) is 4. The van der Waals surface area contributed by atoms with Crippen LogP contribution in [0.2, 0.25) is 0 Å². The fourth-order valence-corrected chi connectivity index (χ4v) is 2.45. The maximum atomic E-state index is 12.1. The number of likely N-dealkylation sites (tertiary alicyclic amines) is 1. The van der Waals surface area contributed by atoms with E-state index in [0.29, 0.717) is 25.1 Å². The lowest BCUT2D eigenvalue weighted by Gasteiger charge is -2.37. The predicted octanol–water partition coefficient (Wildman–Crippen LogP) is -0.0382. The Morgan fingerprint density at radius 3 is 2.95 bits per heavy atom. The molecular formula is C13H20N4O4. The van der Waals surface area contributed by atoms with Crippen molar-refractivity contribution in [1.82, 2.24) is 20.2 Å². The summed E-state index contributed by atoms with van der Waals surface area (Å²) in [6.07, 6.45) is 4.43. The van der Waals surface area contributed by atoms with Crippen LogP contribution in [0.15, 0.2) is 12.5 Å². The van der Waals surface area contributed by atoms with Crippen molar-refractivity contribution in [2.24, 2.45) is 0 Å². The molecule has 0 spiro atoms. The molecule has 0 bridgehead atoms. The van der Waals surface area contributed by atoms with Gasteiger partial charge in [-0.2, -0.15) is 0 Å². The maximum Gasteiger partial charge on any atom is 0.326 e. The predicted molar refractivity (Wildman–Crippen MR) is 73.7 cm³/mol. The number of carboxylic acid groups (broad SMARTS) is 1. The minimum Gasteiger partial charge on any atom is -0.480 e. The smallest absolute Gasteiger partial charge is 0.326 e. The number of imidazole rings is 1. The van der Waals surface area contributed by atoms with E-state index in [1.165, 1.54) is 17.4 Å².